The second kappa shape index (κ2) is 10.0. The number of nitrogens with zero attached hydrogens (tertiary/aromatic N) is 4. The highest BCUT2D eigenvalue weighted by Gasteiger charge is 2.12. The summed E-state index contributed by atoms with van der Waals surface area (Å²) in [5, 5.41) is 32.5. The van der Waals surface area contributed by atoms with E-state index in [9.17, 15) is 10.4 Å². The highest BCUT2D eigenvalue weighted by Crippen LogP contribution is 2.14. The monoisotopic (exact) mass is 405 g/mol. The molecule has 0 atom stereocenters. The number of hydrogen-bond acceptors (Lipinski definition) is 7. The average molecular weight is 406 g/mol. The van der Waals surface area contributed by atoms with Crippen LogP contribution in [-0.2, 0) is 17.9 Å². The van der Waals surface area contributed by atoms with Gasteiger partial charge in [0, 0.05) is 35.8 Å². The standard InChI is InChI=1S/C23H27N5O2/c1-4-20-21(12-16(2)28-8-10-30-11-9-28)23(27-26-22(20)15-29)25-14-19-7-5-6-18(13-24)17(19)3/h4-7,12,29H,2,8-11,14-15H2,1,3H3,(H,25,27)/b20-4+,21-12+. The topological polar surface area (TPSA) is 94.3 Å². The molecule has 2 N–H and O–H groups in total. The van der Waals surface area contributed by atoms with Crippen molar-refractivity contribution in [2.24, 2.45) is 0 Å². The molecule has 1 fully saturated rings. The molecule has 3 rings (SSSR count). The van der Waals surface area contributed by atoms with Crippen molar-refractivity contribution in [1.29, 1.82) is 5.26 Å². The minimum Gasteiger partial charge on any atom is -0.390 e. The van der Waals surface area contributed by atoms with Crippen molar-refractivity contribution in [1.82, 2.24) is 15.1 Å². The van der Waals surface area contributed by atoms with Crippen molar-refractivity contribution >= 4 is 18.0 Å². The van der Waals surface area contributed by atoms with Gasteiger partial charge in [0.15, 0.2) is 5.82 Å². The van der Waals surface area contributed by atoms with Crippen molar-refractivity contribution in [3.8, 4) is 6.07 Å². The number of allylic oxidation sites excluding steroid dienone is 1. The highest BCUT2D eigenvalue weighted by molar-refractivity contribution is 5.54. The summed E-state index contributed by atoms with van der Waals surface area (Å²) in [6.45, 7) is 11.3. The van der Waals surface area contributed by atoms with Gasteiger partial charge in [0.1, 0.15) is 0 Å². The molecule has 0 aliphatic carbocycles. The summed E-state index contributed by atoms with van der Waals surface area (Å²) < 4.78 is 5.43. The summed E-state index contributed by atoms with van der Waals surface area (Å²) in [5.74, 6) is 0.608. The maximum atomic E-state index is 9.71. The van der Waals surface area contributed by atoms with E-state index in [0.29, 0.717) is 36.8 Å². The molecule has 0 radical (unpaired) electrons. The van der Waals surface area contributed by atoms with Crippen LogP contribution in [0.1, 0.15) is 29.3 Å². The van der Waals surface area contributed by atoms with E-state index in [1.807, 2.05) is 44.2 Å². The van der Waals surface area contributed by atoms with Gasteiger partial charge < -0.3 is 20.1 Å². The zero-order valence-corrected chi connectivity index (χ0v) is 17.5. The lowest BCUT2D eigenvalue weighted by molar-refractivity contribution is 0.0564. The lowest BCUT2D eigenvalue weighted by Crippen LogP contribution is -2.38. The summed E-state index contributed by atoms with van der Waals surface area (Å²) in [6, 6.07) is 7.89. The molecule has 0 spiro atoms. The van der Waals surface area contributed by atoms with Gasteiger partial charge >= 0.3 is 0 Å². The van der Waals surface area contributed by atoms with Crippen molar-refractivity contribution in [2.75, 3.05) is 31.6 Å². The molecule has 1 aliphatic heterocycles. The van der Waals surface area contributed by atoms with Crippen molar-refractivity contribution in [3.05, 3.63) is 63.3 Å². The molecule has 0 saturated carbocycles. The number of aromatic nitrogens is 2. The molecule has 30 heavy (non-hydrogen) atoms. The Morgan fingerprint density at radius 1 is 1.33 bits per heavy atom. The third-order valence-electron chi connectivity index (χ3n) is 5.31. The third-order valence-corrected chi connectivity index (χ3v) is 5.31. The van der Waals surface area contributed by atoms with Gasteiger partial charge in [0.2, 0.25) is 0 Å². The maximum Gasteiger partial charge on any atom is 0.156 e. The van der Waals surface area contributed by atoms with E-state index in [2.05, 4.69) is 33.1 Å². The van der Waals surface area contributed by atoms with Crippen LogP contribution in [0.3, 0.4) is 0 Å². The van der Waals surface area contributed by atoms with Crippen LogP contribution >= 0.6 is 0 Å². The minimum absolute atomic E-state index is 0.193. The first-order valence-corrected chi connectivity index (χ1v) is 9.97. The van der Waals surface area contributed by atoms with Gasteiger partial charge in [0.25, 0.3) is 0 Å². The quantitative estimate of drug-likeness (QED) is 0.745. The number of morpholine rings is 1. The van der Waals surface area contributed by atoms with E-state index < -0.39 is 0 Å². The Bertz CT molecular complexity index is 1080. The van der Waals surface area contributed by atoms with Gasteiger partial charge in [-0.15, -0.1) is 5.10 Å². The fourth-order valence-corrected chi connectivity index (χ4v) is 3.50. The molecule has 1 aromatic heterocycles. The Kier molecular flexibility index (Phi) is 7.17. The number of anilines is 1. The Balaban J connectivity index is 1.99. The first-order chi connectivity index (χ1) is 14.6. The molecular weight excluding hydrogens is 378 g/mol. The van der Waals surface area contributed by atoms with Gasteiger partial charge in [-0.2, -0.15) is 10.4 Å². The van der Waals surface area contributed by atoms with Crippen molar-refractivity contribution < 1.29 is 9.84 Å². The molecule has 0 unspecified atom stereocenters. The van der Waals surface area contributed by atoms with Crippen LogP contribution in [0.4, 0.5) is 5.82 Å². The minimum atomic E-state index is -0.193. The van der Waals surface area contributed by atoms with E-state index in [1.54, 1.807) is 0 Å². The first kappa shape index (κ1) is 21.5. The molecule has 2 heterocycles. The highest BCUT2D eigenvalue weighted by atomic mass is 16.5. The van der Waals surface area contributed by atoms with E-state index in [4.69, 9.17) is 4.74 Å². The Hall–Kier alpha value is -3.21. The maximum absolute atomic E-state index is 9.71. The van der Waals surface area contributed by atoms with E-state index in [0.717, 1.165) is 40.4 Å². The molecule has 1 saturated heterocycles. The van der Waals surface area contributed by atoms with Crippen LogP contribution in [0.25, 0.3) is 12.2 Å². The van der Waals surface area contributed by atoms with Crippen LogP contribution in [0.15, 0.2) is 30.5 Å². The summed E-state index contributed by atoms with van der Waals surface area (Å²) in [7, 11) is 0. The number of nitrogens with one attached hydrogen (secondary N) is 1. The number of benzene rings is 1. The predicted octanol–water partition coefficient (Wildman–Crippen LogP) is 1.19. The molecule has 7 nitrogen and oxygen atoms in total. The summed E-state index contributed by atoms with van der Waals surface area (Å²) in [5.41, 5.74) is 4.00. The predicted molar refractivity (Wildman–Crippen MR) is 117 cm³/mol. The summed E-state index contributed by atoms with van der Waals surface area (Å²) in [6.07, 6.45) is 3.90. The van der Waals surface area contributed by atoms with Crippen molar-refractivity contribution in [3.63, 3.8) is 0 Å². The Morgan fingerprint density at radius 3 is 2.77 bits per heavy atom. The largest absolute Gasteiger partial charge is 0.390 e. The van der Waals surface area contributed by atoms with E-state index >= 15 is 0 Å². The van der Waals surface area contributed by atoms with Crippen LogP contribution < -0.4 is 15.8 Å². The SMILES string of the molecule is C=C(/C=c1/c(NCc2cccc(C#N)c2C)nnc(CO)/c1=C/C)N1CCOCC1. The average Bonchev–Trinajstić information content (AvgIpc) is 2.79. The third kappa shape index (κ3) is 4.67. The Morgan fingerprint density at radius 2 is 2.10 bits per heavy atom. The van der Waals surface area contributed by atoms with Crippen LogP contribution in [0, 0.1) is 18.3 Å². The van der Waals surface area contributed by atoms with Gasteiger partial charge in [-0.05, 0) is 37.1 Å². The number of nitriles is 1. The fraction of sp³-hybridized carbons (Fsp3) is 0.348. The molecule has 0 amide bonds. The van der Waals surface area contributed by atoms with Gasteiger partial charge in [-0.1, -0.05) is 24.8 Å². The zero-order valence-electron chi connectivity index (χ0n) is 17.5. The number of hydrogen-bond donors (Lipinski definition) is 2. The molecule has 0 bridgehead atoms. The molecule has 7 heteroatoms. The normalized spacial score (nSPS) is 15.2. The summed E-state index contributed by atoms with van der Waals surface area (Å²) in [4.78, 5) is 2.17. The molecule has 2 aromatic rings. The number of aliphatic hydroxyl groups excluding tert-OH is 1. The van der Waals surface area contributed by atoms with Crippen LogP contribution in [0.2, 0.25) is 0 Å². The fourth-order valence-electron chi connectivity index (χ4n) is 3.50. The van der Waals surface area contributed by atoms with E-state index in [1.165, 1.54) is 0 Å². The molecule has 1 aromatic carbocycles. The first-order valence-electron chi connectivity index (χ1n) is 9.97. The number of ether oxygens (including phenoxy) is 1. The van der Waals surface area contributed by atoms with Crippen LogP contribution in [-0.4, -0.2) is 46.5 Å². The van der Waals surface area contributed by atoms with Gasteiger partial charge in [-0.25, -0.2) is 0 Å². The second-order valence-corrected chi connectivity index (χ2v) is 7.06. The number of rotatable bonds is 6. The smallest absolute Gasteiger partial charge is 0.156 e. The van der Waals surface area contributed by atoms with Gasteiger partial charge in [0.05, 0.1) is 37.1 Å². The lowest BCUT2D eigenvalue weighted by Gasteiger charge is -2.29. The molecular formula is C23H27N5O2. The van der Waals surface area contributed by atoms with Crippen molar-refractivity contribution in [2.45, 2.75) is 27.0 Å². The lowest BCUT2D eigenvalue weighted by atomic mass is 10.0. The number of aliphatic hydroxyl groups is 1. The van der Waals surface area contributed by atoms with Crippen LogP contribution in [0.5, 0.6) is 0 Å². The van der Waals surface area contributed by atoms with E-state index in [-0.39, 0.29) is 6.61 Å². The summed E-state index contributed by atoms with van der Waals surface area (Å²) >= 11 is 0. The van der Waals surface area contributed by atoms with Gasteiger partial charge in [-0.3, -0.25) is 0 Å². The Labute approximate surface area is 176 Å². The molecule has 156 valence electrons. The second-order valence-electron chi connectivity index (χ2n) is 7.06. The zero-order chi connectivity index (χ0) is 21.5. The molecule has 1 aliphatic rings.